The fraction of sp³-hybridized carbons (Fsp3) is 0.308. The molecule has 0 spiro atoms. The van der Waals surface area contributed by atoms with Gasteiger partial charge in [0.2, 0.25) is 0 Å². The van der Waals surface area contributed by atoms with Crippen molar-refractivity contribution < 1.29 is 9.18 Å². The van der Waals surface area contributed by atoms with E-state index in [0.29, 0.717) is 40.2 Å². The van der Waals surface area contributed by atoms with Gasteiger partial charge in [-0.25, -0.2) is 9.37 Å². The molecule has 1 saturated heterocycles. The molecule has 0 bridgehead atoms. The smallest absolute Gasteiger partial charge is 0.267 e. The van der Waals surface area contributed by atoms with Crippen molar-refractivity contribution in [3.63, 3.8) is 0 Å². The average Bonchev–Trinajstić information content (AvgIpc) is 3.33. The van der Waals surface area contributed by atoms with Gasteiger partial charge in [0.1, 0.15) is 17.2 Å². The number of fused-ring (bicyclic) bond motifs is 1. The molecule has 5 rings (SSSR count). The predicted molar refractivity (Wildman–Crippen MR) is 139 cm³/mol. The standard InChI is InChI=1S/C26H27ClFN7O/c1-35-10-6-16(7-11-35)4-8-30-26(36)24-14-20-22(5-9-29-25(20)33-24)32-18-13-23(34-31-15-18)19-12-17(27)2-3-21(19)28/h2-3,5,9,12-16H,4,6-8,10-11H2,1H3,(H,30,36)(H2,29,32,33,34). The fourth-order valence-electron chi connectivity index (χ4n) is 4.51. The van der Waals surface area contributed by atoms with Crippen LogP contribution in [-0.4, -0.2) is 57.7 Å². The van der Waals surface area contributed by atoms with E-state index in [1.165, 1.54) is 31.0 Å². The van der Waals surface area contributed by atoms with Gasteiger partial charge in [0, 0.05) is 28.7 Å². The number of aromatic amines is 1. The van der Waals surface area contributed by atoms with Crippen LogP contribution < -0.4 is 10.6 Å². The first-order chi connectivity index (χ1) is 17.5. The Morgan fingerprint density at radius 2 is 2.06 bits per heavy atom. The van der Waals surface area contributed by atoms with Gasteiger partial charge in [0.05, 0.1) is 23.3 Å². The molecule has 4 heterocycles. The SMILES string of the molecule is CN1CCC(CCNC(=O)c2cc3c(Nc4cnnc(-c5cc(Cl)ccc5F)c4)ccnc3[nH]2)CC1. The number of carbonyl (C=O) groups excluding carboxylic acids is 1. The van der Waals surface area contributed by atoms with Crippen molar-refractivity contribution in [1.82, 2.24) is 30.4 Å². The Hall–Kier alpha value is -3.56. The molecule has 1 aliphatic rings. The quantitative estimate of drug-likeness (QED) is 0.325. The van der Waals surface area contributed by atoms with E-state index in [2.05, 4.69) is 42.7 Å². The van der Waals surface area contributed by atoms with Gasteiger partial charge < -0.3 is 20.5 Å². The predicted octanol–water partition coefficient (Wildman–Crippen LogP) is 5.02. The second-order valence-electron chi connectivity index (χ2n) is 9.17. The van der Waals surface area contributed by atoms with Crippen LogP contribution in [0.4, 0.5) is 15.8 Å². The number of carbonyl (C=O) groups is 1. The Balaban J connectivity index is 1.29. The first-order valence-corrected chi connectivity index (χ1v) is 12.3. The van der Waals surface area contributed by atoms with Gasteiger partial charge in [-0.2, -0.15) is 10.2 Å². The summed E-state index contributed by atoms with van der Waals surface area (Å²) in [7, 11) is 2.15. The lowest BCUT2D eigenvalue weighted by Crippen LogP contribution is -2.32. The second-order valence-corrected chi connectivity index (χ2v) is 9.61. The molecule has 1 fully saturated rings. The maximum Gasteiger partial charge on any atom is 0.267 e. The van der Waals surface area contributed by atoms with Gasteiger partial charge in [-0.15, -0.1) is 0 Å². The second kappa shape index (κ2) is 10.6. The fourth-order valence-corrected chi connectivity index (χ4v) is 4.68. The maximum absolute atomic E-state index is 14.3. The minimum Gasteiger partial charge on any atom is -0.354 e. The maximum atomic E-state index is 14.3. The van der Waals surface area contributed by atoms with Gasteiger partial charge in [0.25, 0.3) is 5.91 Å². The first kappa shape index (κ1) is 24.1. The van der Waals surface area contributed by atoms with E-state index in [1.54, 1.807) is 30.6 Å². The van der Waals surface area contributed by atoms with Gasteiger partial charge in [-0.05, 0) is 81.7 Å². The lowest BCUT2D eigenvalue weighted by molar-refractivity contribution is 0.0944. The summed E-state index contributed by atoms with van der Waals surface area (Å²) < 4.78 is 14.3. The third-order valence-electron chi connectivity index (χ3n) is 6.59. The number of H-pyrrole nitrogens is 1. The molecule has 1 aliphatic heterocycles. The van der Waals surface area contributed by atoms with Crippen LogP contribution in [-0.2, 0) is 0 Å². The van der Waals surface area contributed by atoms with Crippen molar-refractivity contribution in [1.29, 1.82) is 0 Å². The van der Waals surface area contributed by atoms with E-state index in [0.717, 1.165) is 30.6 Å². The number of likely N-dealkylation sites (tertiary alicyclic amines) is 1. The highest BCUT2D eigenvalue weighted by atomic mass is 35.5. The number of amides is 1. The van der Waals surface area contributed by atoms with Crippen molar-refractivity contribution in [2.45, 2.75) is 19.3 Å². The summed E-state index contributed by atoms with van der Waals surface area (Å²) >= 11 is 6.03. The van der Waals surface area contributed by atoms with Gasteiger partial charge in [0.15, 0.2) is 0 Å². The van der Waals surface area contributed by atoms with Crippen molar-refractivity contribution in [3.8, 4) is 11.3 Å². The third kappa shape index (κ3) is 5.47. The zero-order valence-corrected chi connectivity index (χ0v) is 20.6. The molecule has 1 amide bonds. The first-order valence-electron chi connectivity index (χ1n) is 12.0. The average molecular weight is 508 g/mol. The summed E-state index contributed by atoms with van der Waals surface area (Å²) in [6, 6.07) is 9.57. The number of nitrogens with one attached hydrogen (secondary N) is 3. The number of piperidine rings is 1. The highest BCUT2D eigenvalue weighted by Crippen LogP contribution is 2.29. The molecule has 1 aromatic carbocycles. The molecule has 36 heavy (non-hydrogen) atoms. The zero-order valence-electron chi connectivity index (χ0n) is 19.9. The number of hydrogen-bond donors (Lipinski definition) is 3. The molecule has 0 aliphatic carbocycles. The Bertz CT molecular complexity index is 1380. The van der Waals surface area contributed by atoms with E-state index < -0.39 is 5.82 Å². The molecule has 0 atom stereocenters. The molecule has 186 valence electrons. The minimum absolute atomic E-state index is 0.156. The van der Waals surface area contributed by atoms with E-state index in [1.807, 2.05) is 0 Å². The zero-order chi connectivity index (χ0) is 25.1. The van der Waals surface area contributed by atoms with Crippen LogP contribution in [0.15, 0.2) is 48.8 Å². The van der Waals surface area contributed by atoms with Crippen LogP contribution in [0.5, 0.6) is 0 Å². The highest BCUT2D eigenvalue weighted by molar-refractivity contribution is 6.30. The Morgan fingerprint density at radius 1 is 1.22 bits per heavy atom. The van der Waals surface area contributed by atoms with Gasteiger partial charge in [-0.1, -0.05) is 11.6 Å². The van der Waals surface area contributed by atoms with Crippen LogP contribution in [0.3, 0.4) is 0 Å². The minimum atomic E-state index is -0.436. The molecule has 10 heteroatoms. The number of rotatable bonds is 7. The van der Waals surface area contributed by atoms with Crippen molar-refractivity contribution in [2.24, 2.45) is 5.92 Å². The number of hydrogen-bond acceptors (Lipinski definition) is 6. The Morgan fingerprint density at radius 3 is 2.89 bits per heavy atom. The van der Waals surface area contributed by atoms with Crippen LogP contribution >= 0.6 is 11.6 Å². The molecule has 0 unspecified atom stereocenters. The number of halogens is 2. The largest absolute Gasteiger partial charge is 0.354 e. The third-order valence-corrected chi connectivity index (χ3v) is 6.83. The Kier molecular flexibility index (Phi) is 7.11. The van der Waals surface area contributed by atoms with E-state index in [-0.39, 0.29) is 11.5 Å². The van der Waals surface area contributed by atoms with Gasteiger partial charge in [-0.3, -0.25) is 4.79 Å². The molecule has 8 nitrogen and oxygen atoms in total. The normalized spacial score (nSPS) is 14.8. The summed E-state index contributed by atoms with van der Waals surface area (Å²) in [4.78, 5) is 22.6. The van der Waals surface area contributed by atoms with Crippen molar-refractivity contribution in [3.05, 3.63) is 65.3 Å². The summed E-state index contributed by atoms with van der Waals surface area (Å²) in [6.07, 6.45) is 6.52. The Labute approximate surface area is 213 Å². The van der Waals surface area contributed by atoms with Crippen LogP contribution in [0, 0.1) is 11.7 Å². The molecule has 3 N–H and O–H groups in total. The summed E-state index contributed by atoms with van der Waals surface area (Å²) in [5.41, 5.74) is 2.99. The molecular formula is C26H27ClFN7O. The van der Waals surface area contributed by atoms with Crippen LogP contribution in [0.1, 0.15) is 29.8 Å². The number of benzene rings is 1. The molecule has 3 aromatic heterocycles. The van der Waals surface area contributed by atoms with Crippen molar-refractivity contribution >= 4 is 39.9 Å². The lowest BCUT2D eigenvalue weighted by atomic mass is 9.94. The van der Waals surface area contributed by atoms with E-state index >= 15 is 0 Å². The molecule has 0 radical (unpaired) electrons. The topological polar surface area (TPSA) is 98.8 Å². The summed E-state index contributed by atoms with van der Waals surface area (Å²) in [5, 5.41) is 15.5. The van der Waals surface area contributed by atoms with E-state index in [9.17, 15) is 9.18 Å². The number of nitrogens with zero attached hydrogens (tertiary/aromatic N) is 4. The summed E-state index contributed by atoms with van der Waals surface area (Å²) in [5.74, 6) is 0.0615. The molecule has 0 saturated carbocycles. The lowest BCUT2D eigenvalue weighted by Gasteiger charge is -2.28. The number of pyridine rings is 1. The highest BCUT2D eigenvalue weighted by Gasteiger charge is 2.18. The monoisotopic (exact) mass is 507 g/mol. The van der Waals surface area contributed by atoms with Gasteiger partial charge >= 0.3 is 0 Å². The van der Waals surface area contributed by atoms with Crippen LogP contribution in [0.25, 0.3) is 22.3 Å². The number of aromatic nitrogens is 4. The van der Waals surface area contributed by atoms with Crippen LogP contribution in [0.2, 0.25) is 5.02 Å². The molecule has 4 aromatic rings. The molecular weight excluding hydrogens is 481 g/mol. The summed E-state index contributed by atoms with van der Waals surface area (Å²) in [6.45, 7) is 2.88. The number of anilines is 2. The van der Waals surface area contributed by atoms with Crippen molar-refractivity contribution in [2.75, 3.05) is 32.0 Å². The van der Waals surface area contributed by atoms with E-state index in [4.69, 9.17) is 11.6 Å².